The molecule has 0 spiro atoms. The van der Waals surface area contributed by atoms with Crippen LogP contribution < -0.4 is 10.6 Å². The largest absolute Gasteiger partial charge is 0.365 e. The van der Waals surface area contributed by atoms with Crippen LogP contribution in [-0.4, -0.2) is 32.3 Å². The van der Waals surface area contributed by atoms with Crippen LogP contribution in [0.1, 0.15) is 32.6 Å². The van der Waals surface area contributed by atoms with Crippen LogP contribution in [0.5, 0.6) is 0 Å². The first-order valence-corrected chi connectivity index (χ1v) is 9.03. The van der Waals surface area contributed by atoms with E-state index in [4.69, 9.17) is 5.73 Å². The highest BCUT2D eigenvalue weighted by Gasteiger charge is 2.39. The zero-order chi connectivity index (χ0) is 14.3. The molecule has 20 heavy (non-hydrogen) atoms. The number of nitrogens with two attached hydrogens (primary N) is 1. The Hall–Kier alpha value is -1.07. The average Bonchev–Trinajstić information content (AvgIpc) is 2.71. The molecule has 110 valence electrons. The number of sulfone groups is 1. The molecule has 5 heteroatoms. The monoisotopic (exact) mass is 294 g/mol. The Kier molecular flexibility index (Phi) is 3.50. The molecule has 0 aromatic heterocycles. The van der Waals surface area contributed by atoms with Crippen LogP contribution in [0.3, 0.4) is 0 Å². The molecule has 0 aliphatic carbocycles. The van der Waals surface area contributed by atoms with Gasteiger partial charge < -0.3 is 10.6 Å². The zero-order valence-corrected chi connectivity index (χ0v) is 12.6. The van der Waals surface area contributed by atoms with E-state index >= 15 is 0 Å². The maximum absolute atomic E-state index is 11.8. The fourth-order valence-electron chi connectivity index (χ4n) is 3.63. The van der Waals surface area contributed by atoms with E-state index in [0.29, 0.717) is 23.0 Å². The van der Waals surface area contributed by atoms with Gasteiger partial charge in [-0.25, -0.2) is 8.42 Å². The number of fused-ring (bicyclic) bond motifs is 2. The van der Waals surface area contributed by atoms with Gasteiger partial charge in [-0.05, 0) is 49.9 Å². The van der Waals surface area contributed by atoms with E-state index in [-0.39, 0.29) is 5.75 Å². The summed E-state index contributed by atoms with van der Waals surface area (Å²) >= 11 is 0. The molecule has 1 aromatic rings. The van der Waals surface area contributed by atoms with Gasteiger partial charge in [-0.2, -0.15) is 0 Å². The first-order valence-electron chi connectivity index (χ1n) is 7.38. The fourth-order valence-corrected chi connectivity index (χ4v) is 4.52. The predicted octanol–water partition coefficient (Wildman–Crippen LogP) is 1.94. The standard InChI is InChI=1S/C15H22N2O2S/c1-2-20(18,19)15-7-5-12(6-8-15)17-13-3-4-14(17)10-11(16)9-13/h5-8,11,13-14H,2-4,9-10,16H2,1H3. The molecule has 3 rings (SSSR count). The van der Waals surface area contributed by atoms with Gasteiger partial charge in [0.1, 0.15) is 0 Å². The topological polar surface area (TPSA) is 63.4 Å². The van der Waals surface area contributed by atoms with Crippen molar-refractivity contribution in [1.82, 2.24) is 0 Å². The highest BCUT2D eigenvalue weighted by molar-refractivity contribution is 7.91. The zero-order valence-electron chi connectivity index (χ0n) is 11.8. The third-order valence-corrected chi connectivity index (χ3v) is 6.39. The van der Waals surface area contributed by atoms with Gasteiger partial charge in [0.25, 0.3) is 0 Å². The van der Waals surface area contributed by atoms with E-state index in [1.165, 1.54) is 12.8 Å². The molecular weight excluding hydrogens is 272 g/mol. The maximum atomic E-state index is 11.8. The molecule has 2 bridgehead atoms. The minimum absolute atomic E-state index is 0.149. The van der Waals surface area contributed by atoms with Crippen LogP contribution >= 0.6 is 0 Å². The van der Waals surface area contributed by atoms with Crippen molar-refractivity contribution in [1.29, 1.82) is 0 Å². The van der Waals surface area contributed by atoms with Gasteiger partial charge in [0, 0.05) is 23.8 Å². The van der Waals surface area contributed by atoms with Crippen molar-refractivity contribution in [3.63, 3.8) is 0 Å². The number of piperidine rings is 1. The van der Waals surface area contributed by atoms with Crippen molar-refractivity contribution in [2.75, 3.05) is 10.7 Å². The highest BCUT2D eigenvalue weighted by Crippen LogP contribution is 2.38. The third kappa shape index (κ3) is 2.33. The van der Waals surface area contributed by atoms with Gasteiger partial charge in [-0.3, -0.25) is 0 Å². The molecule has 2 unspecified atom stereocenters. The third-order valence-electron chi connectivity index (χ3n) is 4.64. The van der Waals surface area contributed by atoms with Gasteiger partial charge in [0.2, 0.25) is 0 Å². The van der Waals surface area contributed by atoms with Crippen molar-refractivity contribution < 1.29 is 8.42 Å². The summed E-state index contributed by atoms with van der Waals surface area (Å²) in [5.41, 5.74) is 7.23. The van der Waals surface area contributed by atoms with Crippen molar-refractivity contribution >= 4 is 15.5 Å². The Morgan fingerprint density at radius 1 is 1.15 bits per heavy atom. The normalized spacial score (nSPS) is 29.7. The first-order chi connectivity index (χ1) is 9.51. The smallest absolute Gasteiger partial charge is 0.178 e. The molecule has 2 aliphatic rings. The lowest BCUT2D eigenvalue weighted by Crippen LogP contribution is -2.47. The predicted molar refractivity (Wildman–Crippen MR) is 80.7 cm³/mol. The second kappa shape index (κ2) is 5.04. The van der Waals surface area contributed by atoms with Crippen LogP contribution in [0.4, 0.5) is 5.69 Å². The van der Waals surface area contributed by atoms with E-state index in [1.807, 2.05) is 12.1 Å². The van der Waals surface area contributed by atoms with Crippen molar-refractivity contribution in [2.24, 2.45) is 5.73 Å². The van der Waals surface area contributed by atoms with Crippen LogP contribution in [0.2, 0.25) is 0 Å². The first kappa shape index (κ1) is 13.9. The summed E-state index contributed by atoms with van der Waals surface area (Å²) in [5, 5.41) is 0. The molecule has 2 heterocycles. The number of hydrogen-bond donors (Lipinski definition) is 1. The molecule has 2 atom stereocenters. The lowest BCUT2D eigenvalue weighted by molar-refractivity contribution is 0.414. The van der Waals surface area contributed by atoms with Gasteiger partial charge in [0.15, 0.2) is 9.84 Å². The summed E-state index contributed by atoms with van der Waals surface area (Å²) in [6.45, 7) is 1.68. The van der Waals surface area contributed by atoms with Gasteiger partial charge in [-0.1, -0.05) is 6.92 Å². The number of anilines is 1. The molecular formula is C15H22N2O2S. The lowest BCUT2D eigenvalue weighted by atomic mass is 9.97. The van der Waals surface area contributed by atoms with E-state index < -0.39 is 9.84 Å². The van der Waals surface area contributed by atoms with Crippen LogP contribution in [0.15, 0.2) is 29.2 Å². The SMILES string of the molecule is CCS(=O)(=O)c1ccc(N2C3CCC2CC(N)C3)cc1. The molecule has 4 nitrogen and oxygen atoms in total. The van der Waals surface area contributed by atoms with Crippen molar-refractivity contribution in [2.45, 2.75) is 55.6 Å². The number of nitrogens with zero attached hydrogens (tertiary/aromatic N) is 1. The van der Waals surface area contributed by atoms with Crippen molar-refractivity contribution in [3.8, 4) is 0 Å². The summed E-state index contributed by atoms with van der Waals surface area (Å²) in [6, 6.07) is 8.75. The summed E-state index contributed by atoms with van der Waals surface area (Å²) in [6.07, 6.45) is 4.50. The van der Waals surface area contributed by atoms with E-state index in [0.717, 1.165) is 18.5 Å². The van der Waals surface area contributed by atoms with Gasteiger partial charge in [-0.15, -0.1) is 0 Å². The second-order valence-corrected chi connectivity index (χ2v) is 8.20. The van der Waals surface area contributed by atoms with E-state index in [9.17, 15) is 8.42 Å². The fraction of sp³-hybridized carbons (Fsp3) is 0.600. The highest BCUT2D eigenvalue weighted by atomic mass is 32.2. The minimum Gasteiger partial charge on any atom is -0.365 e. The number of benzene rings is 1. The van der Waals surface area contributed by atoms with Crippen LogP contribution in [0, 0.1) is 0 Å². The molecule has 2 fully saturated rings. The van der Waals surface area contributed by atoms with Crippen LogP contribution in [0.25, 0.3) is 0 Å². The molecule has 2 N–H and O–H groups in total. The minimum atomic E-state index is -3.10. The number of rotatable bonds is 3. The Morgan fingerprint density at radius 3 is 2.20 bits per heavy atom. The molecule has 0 radical (unpaired) electrons. The lowest BCUT2D eigenvalue weighted by Gasteiger charge is -2.39. The van der Waals surface area contributed by atoms with Crippen LogP contribution in [-0.2, 0) is 9.84 Å². The Bertz CT molecular complexity index is 568. The van der Waals surface area contributed by atoms with Gasteiger partial charge >= 0.3 is 0 Å². The average molecular weight is 294 g/mol. The maximum Gasteiger partial charge on any atom is 0.178 e. The van der Waals surface area contributed by atoms with E-state index in [1.54, 1.807) is 19.1 Å². The molecule has 1 aromatic carbocycles. The Morgan fingerprint density at radius 2 is 1.70 bits per heavy atom. The summed E-state index contributed by atoms with van der Waals surface area (Å²) in [7, 11) is -3.10. The summed E-state index contributed by atoms with van der Waals surface area (Å²) in [4.78, 5) is 2.87. The second-order valence-electron chi connectivity index (χ2n) is 5.92. The Balaban J connectivity index is 1.86. The molecule has 0 amide bonds. The molecule has 2 aliphatic heterocycles. The quantitative estimate of drug-likeness (QED) is 0.925. The van der Waals surface area contributed by atoms with Gasteiger partial charge in [0.05, 0.1) is 10.6 Å². The molecule has 2 saturated heterocycles. The molecule has 0 saturated carbocycles. The summed E-state index contributed by atoms with van der Waals surface area (Å²) in [5.74, 6) is 0.149. The number of hydrogen-bond acceptors (Lipinski definition) is 4. The Labute approximate surface area is 120 Å². The van der Waals surface area contributed by atoms with Crippen molar-refractivity contribution in [3.05, 3.63) is 24.3 Å². The summed E-state index contributed by atoms with van der Waals surface area (Å²) < 4.78 is 23.7. The van der Waals surface area contributed by atoms with E-state index in [2.05, 4.69) is 4.90 Å².